The van der Waals surface area contributed by atoms with Crippen LogP contribution in [0.25, 0.3) is 34.6 Å². The molecule has 18 heteroatoms. The number of carbonyl (C=O) groups is 1. The zero-order chi connectivity index (χ0) is 75.9. The molecule has 12 aromatic rings. The van der Waals surface area contributed by atoms with Crippen molar-refractivity contribution in [3.63, 3.8) is 0 Å². The molecule has 1 aliphatic rings. The van der Waals surface area contributed by atoms with Crippen molar-refractivity contribution in [1.29, 1.82) is 0 Å². The number of benzene rings is 6. The van der Waals surface area contributed by atoms with Gasteiger partial charge in [-0.05, 0) is 165 Å². The number of hydrogen-bond donors (Lipinski definition) is 7. The van der Waals surface area contributed by atoms with Gasteiger partial charge in [-0.15, -0.1) is 74.4 Å². The van der Waals surface area contributed by atoms with Gasteiger partial charge in [-0.2, -0.15) is 8.78 Å². The highest BCUT2D eigenvalue weighted by Crippen LogP contribution is 2.44. The quantitative estimate of drug-likeness (QED) is 0.0213. The summed E-state index contributed by atoms with van der Waals surface area (Å²) in [6.07, 6.45) is 12.2. The lowest BCUT2D eigenvalue weighted by molar-refractivity contribution is 0.0469. The van der Waals surface area contributed by atoms with Crippen molar-refractivity contribution in [1.82, 2.24) is 0 Å². The molecule has 0 saturated heterocycles. The minimum absolute atomic E-state index is 0.0232. The van der Waals surface area contributed by atoms with Gasteiger partial charge >= 0.3 is 5.92 Å². The third-order valence-electron chi connectivity index (χ3n) is 16.1. The SMILES string of the molecule is C#Cc1ccc(Cc2ccc(C(=C)O)cc2)s1.C=C(O)c1ccc(C(F)(F)c2ccc(Br)s2)cc1.C=C(O)c1ccc(C(O)c2ccc(Br)s2)cc1.C=C(O)c1ccc(Cc2ccc(C(C)=O)s2)cc1.C=C(O)c1ccc(Cc2ccc(C3CC3)s2)cc1.C=C(O)c1ccc(Cc2ccc(CC)s2)cc1. The zero-order valence-corrected chi connectivity index (χ0v) is 65.8. The highest BCUT2D eigenvalue weighted by atomic mass is 79.9. The van der Waals surface area contributed by atoms with Gasteiger partial charge in [0.1, 0.15) is 40.7 Å². The van der Waals surface area contributed by atoms with Crippen molar-refractivity contribution >= 4 is 140 Å². The molecule has 0 spiro atoms. The van der Waals surface area contributed by atoms with Crippen molar-refractivity contribution in [3.05, 3.63) is 381 Å². The summed E-state index contributed by atoms with van der Waals surface area (Å²) in [4.78, 5) is 22.0. The first-order valence-electron chi connectivity index (χ1n) is 32.9. The van der Waals surface area contributed by atoms with Crippen LogP contribution in [0, 0.1) is 12.3 Å². The topological polar surface area (TPSA) is 159 Å². The van der Waals surface area contributed by atoms with Crippen LogP contribution in [0.2, 0.25) is 0 Å². The molecule has 6 aromatic heterocycles. The van der Waals surface area contributed by atoms with Crippen LogP contribution in [0.5, 0.6) is 0 Å². The Bertz CT molecular complexity index is 4950. The molecule has 105 heavy (non-hydrogen) atoms. The van der Waals surface area contributed by atoms with Crippen molar-refractivity contribution in [3.8, 4) is 12.3 Å². The first-order chi connectivity index (χ1) is 50.1. The standard InChI is InChI=1S/C16H16OS.C15H14O2S.C15H16OS.C15H12OS.C13H9BrF2OS.C13H11BrO2S/c1-11(17)13-4-2-12(3-5-13)10-15-8-9-16(18-15)14-6-7-14;1-10(16)13-5-3-12(4-6-13)9-14-7-8-15(18-14)11(2)17;2*1-3-14-8-9-15(17-14)10-12-4-6-13(7-5-12)11(2)16;1-8(17)9-2-4-10(5-3-9)13(15,16)11-6-7-12(14)18-11;1-8(15)9-2-4-10(5-3-9)13(16)11-6-7-12(14)17-11/h2-5,8-9,14,17H,1,6-7,10H2;3-8,16H,1,9H2,2H3;4-9,16H,2-3,10H2,1H3;1,4-9,16H,2,10H2;2-7,17H,1H2;2-7,13,15-16H,1H2. The zero-order valence-electron chi connectivity index (χ0n) is 57.7. The second-order valence-electron chi connectivity index (χ2n) is 24.1. The smallest absolute Gasteiger partial charge is 0.307 e. The number of aliphatic hydroxyl groups is 7. The summed E-state index contributed by atoms with van der Waals surface area (Å²) < 4.78 is 29.9. The van der Waals surface area contributed by atoms with Gasteiger partial charge in [-0.3, -0.25) is 4.79 Å². The van der Waals surface area contributed by atoms with Gasteiger partial charge in [-0.25, -0.2) is 0 Å². The molecule has 0 amide bonds. The predicted octanol–water partition coefficient (Wildman–Crippen LogP) is 26.4. The Hall–Kier alpha value is -9.23. The molecular weight excluding hydrogens is 1560 g/mol. The number of hydrogen-bond acceptors (Lipinski definition) is 14. The molecule has 13 rings (SSSR count). The van der Waals surface area contributed by atoms with E-state index in [0.717, 1.165) is 106 Å². The summed E-state index contributed by atoms with van der Waals surface area (Å²) in [6, 6.07) is 67.3. The molecule has 7 N–H and O–H groups in total. The first kappa shape index (κ1) is 81.4. The van der Waals surface area contributed by atoms with Gasteiger partial charge in [0.15, 0.2) is 5.78 Å². The van der Waals surface area contributed by atoms with Gasteiger partial charge < -0.3 is 35.7 Å². The first-order valence-corrected chi connectivity index (χ1v) is 39.4. The summed E-state index contributed by atoms with van der Waals surface area (Å²) in [6.45, 7) is 24.6. The van der Waals surface area contributed by atoms with Crippen LogP contribution in [-0.2, 0) is 38.0 Å². The lowest BCUT2D eigenvalue weighted by Crippen LogP contribution is -2.13. The number of carbonyl (C=O) groups excluding carboxylic acids is 1. The third kappa shape index (κ3) is 25.2. The van der Waals surface area contributed by atoms with E-state index in [1.165, 1.54) is 102 Å². The van der Waals surface area contributed by atoms with E-state index in [0.29, 0.717) is 14.9 Å². The Labute approximate surface area is 653 Å². The molecule has 6 aromatic carbocycles. The molecule has 1 aliphatic carbocycles. The number of thiophene rings is 6. The lowest BCUT2D eigenvalue weighted by atomic mass is 10.0. The van der Waals surface area contributed by atoms with Crippen molar-refractivity contribution in [2.45, 2.75) is 76.7 Å². The number of rotatable bonds is 21. The number of aliphatic hydroxyl groups excluding tert-OH is 7. The Balaban J connectivity index is 0.000000159. The molecule has 0 radical (unpaired) electrons. The van der Waals surface area contributed by atoms with E-state index in [4.69, 9.17) is 11.5 Å². The minimum atomic E-state index is -3.04. The molecular formula is C87H78Br2F2O8S6. The van der Waals surface area contributed by atoms with E-state index in [9.17, 15) is 44.2 Å². The van der Waals surface area contributed by atoms with Gasteiger partial charge in [0.25, 0.3) is 0 Å². The molecule has 6 heterocycles. The van der Waals surface area contributed by atoms with Crippen LogP contribution in [-0.4, -0.2) is 41.5 Å². The van der Waals surface area contributed by atoms with Crippen molar-refractivity contribution < 1.29 is 49.3 Å². The van der Waals surface area contributed by atoms with Crippen LogP contribution in [0.1, 0.15) is 159 Å². The van der Waals surface area contributed by atoms with Gasteiger partial charge in [-0.1, -0.05) is 198 Å². The number of aryl methyl sites for hydroxylation is 1. The fraction of sp³-hybridized carbons (Fsp3) is 0.138. The number of halogens is 4. The predicted molar refractivity (Wildman–Crippen MR) is 448 cm³/mol. The fourth-order valence-corrected chi connectivity index (χ4v) is 16.9. The Morgan fingerprint density at radius 3 is 1.17 bits per heavy atom. The average molecular weight is 1640 g/mol. The average Bonchev–Trinajstić information content (AvgIpc) is 1.79. The Morgan fingerprint density at radius 2 is 0.819 bits per heavy atom. The lowest BCUT2D eigenvalue weighted by Gasteiger charge is -2.15. The van der Waals surface area contributed by atoms with Crippen molar-refractivity contribution in [2.24, 2.45) is 0 Å². The van der Waals surface area contributed by atoms with Crippen LogP contribution in [0.4, 0.5) is 8.78 Å². The maximum absolute atomic E-state index is 14.1. The largest absolute Gasteiger partial charge is 0.508 e. The molecule has 538 valence electrons. The summed E-state index contributed by atoms with van der Waals surface area (Å²) in [5, 5.41) is 65.5. The minimum Gasteiger partial charge on any atom is -0.508 e. The number of Topliss-reactive ketones (excluding diaryl/α,β-unsaturated/α-hetero) is 1. The Kier molecular flexibility index (Phi) is 30.4. The molecule has 8 nitrogen and oxygen atoms in total. The maximum Gasteiger partial charge on any atom is 0.307 e. The van der Waals surface area contributed by atoms with Crippen LogP contribution < -0.4 is 0 Å². The highest BCUT2D eigenvalue weighted by molar-refractivity contribution is 9.11. The van der Waals surface area contributed by atoms with Crippen LogP contribution in [0.15, 0.2) is 265 Å². The molecule has 1 atom stereocenters. The molecule has 0 aliphatic heterocycles. The van der Waals surface area contributed by atoms with E-state index < -0.39 is 12.0 Å². The van der Waals surface area contributed by atoms with Gasteiger partial charge in [0, 0.05) is 98.8 Å². The normalized spacial score (nSPS) is 11.5. The van der Waals surface area contributed by atoms with E-state index in [-0.39, 0.29) is 50.8 Å². The van der Waals surface area contributed by atoms with E-state index >= 15 is 0 Å². The summed E-state index contributed by atoms with van der Waals surface area (Å²) in [5.41, 5.74) is 9.74. The summed E-state index contributed by atoms with van der Waals surface area (Å²) in [7, 11) is 0. The number of alkyl halides is 2. The summed E-state index contributed by atoms with van der Waals surface area (Å²) in [5.74, 6) is 0.891. The maximum atomic E-state index is 14.1. The van der Waals surface area contributed by atoms with Gasteiger partial charge in [0.2, 0.25) is 0 Å². The number of terminal acetylenes is 1. The number of ketones is 1. The van der Waals surface area contributed by atoms with E-state index in [2.05, 4.69) is 127 Å². The molecule has 1 fully saturated rings. The van der Waals surface area contributed by atoms with Crippen LogP contribution in [0.3, 0.4) is 0 Å². The monoisotopic (exact) mass is 1640 g/mol. The fourth-order valence-electron chi connectivity index (χ4n) is 10.1. The third-order valence-corrected chi connectivity index (χ3v) is 24.1. The second kappa shape index (κ2) is 39.2. The highest BCUT2D eigenvalue weighted by Gasteiger charge is 2.35. The van der Waals surface area contributed by atoms with E-state index in [1.807, 2.05) is 138 Å². The summed E-state index contributed by atoms with van der Waals surface area (Å²) >= 11 is 16.0. The second-order valence-corrected chi connectivity index (χ2v) is 33.9. The van der Waals surface area contributed by atoms with E-state index in [1.54, 1.807) is 53.5 Å². The van der Waals surface area contributed by atoms with Gasteiger partial charge in [0.05, 0.1) is 22.2 Å². The molecule has 0 bridgehead atoms. The molecule has 1 saturated carbocycles. The Morgan fingerprint density at radius 1 is 0.457 bits per heavy atom. The van der Waals surface area contributed by atoms with Crippen LogP contribution >= 0.6 is 99.9 Å². The molecule has 1 unspecified atom stereocenters. The van der Waals surface area contributed by atoms with Crippen molar-refractivity contribution in [2.75, 3.05) is 0 Å².